The van der Waals surface area contributed by atoms with Crippen molar-refractivity contribution in [3.8, 4) is 5.75 Å². The summed E-state index contributed by atoms with van der Waals surface area (Å²) in [6.45, 7) is 0. The lowest BCUT2D eigenvalue weighted by Gasteiger charge is -2.12. The summed E-state index contributed by atoms with van der Waals surface area (Å²) in [6, 6.07) is 9.15. The highest BCUT2D eigenvalue weighted by atomic mass is 127. The minimum atomic E-state index is -5.66. The molecule has 0 radical (unpaired) electrons. The highest BCUT2D eigenvalue weighted by Gasteiger charge is 2.48. The smallest absolute Gasteiger partial charge is 0.375 e. The molecule has 2 aromatic carbocycles. The molecule has 0 saturated heterocycles. The van der Waals surface area contributed by atoms with Crippen LogP contribution in [0.5, 0.6) is 5.75 Å². The molecular formula is C11H6F3IO3S. The molecule has 19 heavy (non-hydrogen) atoms. The summed E-state index contributed by atoms with van der Waals surface area (Å²) in [4.78, 5) is 0. The van der Waals surface area contributed by atoms with Crippen LogP contribution in [0.2, 0.25) is 0 Å². The van der Waals surface area contributed by atoms with E-state index in [2.05, 4.69) is 4.18 Å². The maximum absolute atomic E-state index is 12.3. The third kappa shape index (κ3) is 2.78. The van der Waals surface area contributed by atoms with Crippen molar-refractivity contribution in [1.82, 2.24) is 0 Å². The maximum Gasteiger partial charge on any atom is 0.534 e. The van der Waals surface area contributed by atoms with Gasteiger partial charge in [-0.05, 0) is 40.1 Å². The highest BCUT2D eigenvalue weighted by Crippen LogP contribution is 2.33. The Morgan fingerprint density at radius 2 is 1.58 bits per heavy atom. The van der Waals surface area contributed by atoms with Crippen LogP contribution in [0.25, 0.3) is 10.8 Å². The fourth-order valence-corrected chi connectivity index (χ4v) is 2.60. The van der Waals surface area contributed by atoms with Crippen LogP contribution >= 0.6 is 22.6 Å². The molecule has 0 aliphatic carbocycles. The number of hydrogen-bond donors (Lipinski definition) is 0. The fraction of sp³-hybridized carbons (Fsp3) is 0.0909. The van der Waals surface area contributed by atoms with Gasteiger partial charge in [-0.15, -0.1) is 0 Å². The number of hydrogen-bond acceptors (Lipinski definition) is 3. The van der Waals surface area contributed by atoms with Crippen LogP contribution in [-0.4, -0.2) is 13.9 Å². The lowest BCUT2D eigenvalue weighted by Crippen LogP contribution is -2.28. The Balaban J connectivity index is 2.57. The second kappa shape index (κ2) is 4.82. The summed E-state index contributed by atoms with van der Waals surface area (Å²) >= 11 is 2.00. The maximum atomic E-state index is 12.3. The van der Waals surface area contributed by atoms with Gasteiger partial charge in [0.15, 0.2) is 5.75 Å². The number of benzene rings is 2. The molecule has 2 rings (SSSR count). The minimum absolute atomic E-state index is 0.308. The highest BCUT2D eigenvalue weighted by molar-refractivity contribution is 14.1. The van der Waals surface area contributed by atoms with Crippen LogP contribution in [0, 0.1) is 3.57 Å². The van der Waals surface area contributed by atoms with E-state index < -0.39 is 15.6 Å². The van der Waals surface area contributed by atoms with Crippen LogP contribution in [-0.2, 0) is 10.1 Å². The third-order valence-electron chi connectivity index (χ3n) is 2.31. The number of halogens is 4. The summed E-state index contributed by atoms with van der Waals surface area (Å²) in [5, 5.41) is 0.931. The van der Waals surface area contributed by atoms with Gasteiger partial charge in [-0.3, -0.25) is 0 Å². The molecule has 0 saturated carbocycles. The van der Waals surface area contributed by atoms with E-state index in [1.54, 1.807) is 18.2 Å². The second-order valence-corrected chi connectivity index (χ2v) is 6.27. The molecule has 102 valence electrons. The summed E-state index contributed by atoms with van der Waals surface area (Å²) in [6.07, 6.45) is 0. The minimum Gasteiger partial charge on any atom is -0.375 e. The topological polar surface area (TPSA) is 43.4 Å². The zero-order valence-corrected chi connectivity index (χ0v) is 12.1. The molecule has 0 bridgehead atoms. The molecule has 0 aromatic heterocycles. The molecule has 0 unspecified atom stereocenters. The lowest BCUT2D eigenvalue weighted by atomic mass is 10.1. The normalized spacial score (nSPS) is 12.6. The molecule has 0 amide bonds. The molecule has 0 spiro atoms. The molecule has 0 aliphatic rings. The number of alkyl halides is 3. The Morgan fingerprint density at radius 3 is 2.16 bits per heavy atom. The van der Waals surface area contributed by atoms with Gasteiger partial charge in [-0.1, -0.05) is 24.3 Å². The fourth-order valence-electron chi connectivity index (χ4n) is 1.47. The number of fused-ring (bicyclic) bond motifs is 1. The van der Waals surface area contributed by atoms with Crippen LogP contribution in [0.1, 0.15) is 0 Å². The SMILES string of the molecule is O=S(=O)(Oc1ccc(I)c2ccccc12)C(F)(F)F. The average molecular weight is 402 g/mol. The van der Waals surface area contributed by atoms with E-state index in [1.165, 1.54) is 18.2 Å². The van der Waals surface area contributed by atoms with E-state index >= 15 is 0 Å². The van der Waals surface area contributed by atoms with Gasteiger partial charge < -0.3 is 4.18 Å². The zero-order chi connectivity index (χ0) is 14.3. The van der Waals surface area contributed by atoms with Crippen molar-refractivity contribution >= 4 is 43.5 Å². The van der Waals surface area contributed by atoms with Crippen LogP contribution in [0.3, 0.4) is 0 Å². The molecule has 0 heterocycles. The third-order valence-corrected chi connectivity index (χ3v) is 4.22. The van der Waals surface area contributed by atoms with Gasteiger partial charge in [-0.2, -0.15) is 21.6 Å². The predicted octanol–water partition coefficient (Wildman–Crippen LogP) is 3.67. The standard InChI is InChI=1S/C11H6F3IO3S/c12-11(13,14)19(16,17)18-10-6-5-9(15)7-3-1-2-4-8(7)10/h1-6H. The van der Waals surface area contributed by atoms with Gasteiger partial charge >= 0.3 is 15.6 Å². The van der Waals surface area contributed by atoms with E-state index in [9.17, 15) is 21.6 Å². The quantitative estimate of drug-likeness (QED) is 0.438. The predicted molar refractivity (Wildman–Crippen MR) is 72.3 cm³/mol. The summed E-state index contributed by atoms with van der Waals surface area (Å²) in [7, 11) is -5.66. The van der Waals surface area contributed by atoms with Crippen molar-refractivity contribution in [2.75, 3.05) is 0 Å². The van der Waals surface area contributed by atoms with Gasteiger partial charge in [0.1, 0.15) is 0 Å². The average Bonchev–Trinajstić information content (AvgIpc) is 2.32. The summed E-state index contributed by atoms with van der Waals surface area (Å²) in [5.74, 6) is -0.339. The molecule has 0 aliphatic heterocycles. The van der Waals surface area contributed by atoms with E-state index in [0.717, 1.165) is 3.57 Å². The van der Waals surface area contributed by atoms with Crippen LogP contribution in [0.4, 0.5) is 13.2 Å². The Labute approximate surface area is 120 Å². The second-order valence-electron chi connectivity index (χ2n) is 3.57. The van der Waals surface area contributed by atoms with Gasteiger partial charge in [0.05, 0.1) is 0 Å². The van der Waals surface area contributed by atoms with Gasteiger partial charge in [-0.25, -0.2) is 0 Å². The van der Waals surface area contributed by atoms with Crippen molar-refractivity contribution < 1.29 is 25.8 Å². The zero-order valence-electron chi connectivity index (χ0n) is 9.11. The molecular weight excluding hydrogens is 396 g/mol. The molecule has 3 nitrogen and oxygen atoms in total. The first kappa shape index (κ1) is 14.4. The lowest BCUT2D eigenvalue weighted by molar-refractivity contribution is -0.0499. The van der Waals surface area contributed by atoms with Crippen molar-refractivity contribution in [2.45, 2.75) is 5.51 Å². The summed E-state index contributed by atoms with van der Waals surface area (Å²) in [5.41, 5.74) is -5.45. The van der Waals surface area contributed by atoms with Crippen molar-refractivity contribution in [3.05, 3.63) is 40.0 Å². The Bertz CT molecular complexity index is 726. The van der Waals surface area contributed by atoms with E-state index in [1.807, 2.05) is 22.6 Å². The molecule has 8 heteroatoms. The molecule has 0 atom stereocenters. The first-order valence-corrected chi connectivity index (χ1v) is 7.39. The van der Waals surface area contributed by atoms with Gasteiger partial charge in [0.2, 0.25) is 0 Å². The first-order valence-electron chi connectivity index (χ1n) is 4.90. The molecule has 2 aromatic rings. The van der Waals surface area contributed by atoms with Crippen molar-refractivity contribution in [3.63, 3.8) is 0 Å². The van der Waals surface area contributed by atoms with E-state index in [0.29, 0.717) is 10.8 Å². The van der Waals surface area contributed by atoms with Gasteiger partial charge in [0.25, 0.3) is 0 Å². The molecule has 0 N–H and O–H groups in total. The van der Waals surface area contributed by atoms with E-state index in [4.69, 9.17) is 0 Å². The Kier molecular flexibility index (Phi) is 3.65. The van der Waals surface area contributed by atoms with Gasteiger partial charge in [0, 0.05) is 8.96 Å². The monoisotopic (exact) mass is 402 g/mol. The Morgan fingerprint density at radius 1 is 1.00 bits per heavy atom. The summed E-state index contributed by atoms with van der Waals surface area (Å²) < 4.78 is 63.8. The van der Waals surface area contributed by atoms with Crippen molar-refractivity contribution in [2.24, 2.45) is 0 Å². The van der Waals surface area contributed by atoms with E-state index in [-0.39, 0.29) is 5.75 Å². The number of rotatable bonds is 2. The largest absolute Gasteiger partial charge is 0.534 e. The molecule has 0 fully saturated rings. The van der Waals surface area contributed by atoms with Crippen molar-refractivity contribution in [1.29, 1.82) is 0 Å². The van der Waals surface area contributed by atoms with Crippen LogP contribution in [0.15, 0.2) is 36.4 Å². The van der Waals surface area contributed by atoms with Crippen LogP contribution < -0.4 is 4.18 Å². The first-order chi connectivity index (χ1) is 8.72. The Hall–Kier alpha value is -1.03.